The Morgan fingerprint density at radius 1 is 1.33 bits per heavy atom. The number of rotatable bonds is 0. The molecule has 1 rings (SSSR count). The number of hydrogen-bond acceptors (Lipinski definition) is 2. The molecule has 12 heavy (non-hydrogen) atoms. The molecule has 68 valence electrons. The topological polar surface area (TPSA) is 10.8 Å². The molecule has 0 aliphatic carbocycles. The van der Waals surface area contributed by atoms with Crippen molar-refractivity contribution in [1.29, 1.82) is 0 Å². The van der Waals surface area contributed by atoms with Crippen LogP contribution in [0.3, 0.4) is 0 Å². The first-order chi connectivity index (χ1) is 5.56. The molecule has 0 radical (unpaired) electrons. The fourth-order valence-corrected chi connectivity index (χ4v) is 1.47. The van der Waals surface area contributed by atoms with E-state index in [1.165, 1.54) is 0 Å². The monoisotopic (exact) mass is 168 g/mol. The molecule has 1 heterocycles. The Hall–Kier alpha value is -0.750. The van der Waals surface area contributed by atoms with Crippen LogP contribution in [0.5, 0.6) is 0 Å². The van der Waals surface area contributed by atoms with Gasteiger partial charge >= 0.3 is 6.19 Å². The van der Waals surface area contributed by atoms with Crippen molar-refractivity contribution in [3.8, 4) is 6.19 Å². The summed E-state index contributed by atoms with van der Waals surface area (Å²) in [6.07, 6.45) is 2.99. The summed E-state index contributed by atoms with van der Waals surface area (Å²) in [4.78, 5) is 8.44. The zero-order valence-electron chi connectivity index (χ0n) is 8.46. The molecule has 0 bridgehead atoms. The van der Waals surface area contributed by atoms with Gasteiger partial charge in [-0.2, -0.15) is 0 Å². The van der Waals surface area contributed by atoms with Gasteiger partial charge in [-0.25, -0.2) is 9.74 Å². The molecule has 3 heteroatoms. The Morgan fingerprint density at radius 3 is 2.50 bits per heavy atom. The van der Waals surface area contributed by atoms with Crippen molar-refractivity contribution >= 4 is 0 Å². The van der Waals surface area contributed by atoms with Gasteiger partial charge in [0.2, 0.25) is 0 Å². The van der Waals surface area contributed by atoms with Crippen LogP contribution in [-0.2, 0) is 0 Å². The number of hydrogen-bond donors (Lipinski definition) is 0. The SMILES string of the molecule is C[N+]#CN1CCN(C)C(C)(C)C1. The second-order valence-electron chi connectivity index (χ2n) is 3.98. The second kappa shape index (κ2) is 3.32. The minimum atomic E-state index is 0.246. The van der Waals surface area contributed by atoms with Gasteiger partial charge in [-0.1, -0.05) is 0 Å². The van der Waals surface area contributed by atoms with Crippen LogP contribution < -0.4 is 0 Å². The number of nitrogens with zero attached hydrogens (tertiary/aromatic N) is 3. The highest BCUT2D eigenvalue weighted by Crippen LogP contribution is 2.17. The second-order valence-corrected chi connectivity index (χ2v) is 3.98. The van der Waals surface area contributed by atoms with Crippen molar-refractivity contribution in [3.05, 3.63) is 4.85 Å². The standard InChI is InChI=1S/C9H18N3/c1-9(2)7-12(8-10-3)6-5-11(9)4/h5-7H2,1-4H3/q+1. The van der Waals surface area contributed by atoms with E-state index in [4.69, 9.17) is 0 Å². The normalized spacial score (nSPS) is 23.2. The Kier molecular flexibility index (Phi) is 2.58. The highest BCUT2D eigenvalue weighted by molar-refractivity contribution is 4.95. The predicted molar refractivity (Wildman–Crippen MR) is 51.5 cm³/mol. The highest BCUT2D eigenvalue weighted by atomic mass is 15.3. The Bertz CT molecular complexity index is 212. The molecule has 0 saturated carbocycles. The molecular weight excluding hydrogens is 150 g/mol. The first kappa shape index (κ1) is 9.34. The van der Waals surface area contributed by atoms with Crippen LogP contribution >= 0.6 is 0 Å². The molecule has 1 aliphatic heterocycles. The third kappa shape index (κ3) is 1.89. The smallest absolute Gasteiger partial charge is 0.293 e. The van der Waals surface area contributed by atoms with E-state index in [-0.39, 0.29) is 5.54 Å². The molecule has 3 nitrogen and oxygen atoms in total. The van der Waals surface area contributed by atoms with Crippen LogP contribution in [0.15, 0.2) is 0 Å². The van der Waals surface area contributed by atoms with Crippen molar-refractivity contribution in [2.24, 2.45) is 0 Å². The molecule has 0 N–H and O–H groups in total. The van der Waals surface area contributed by atoms with Crippen LogP contribution in [0.4, 0.5) is 0 Å². The van der Waals surface area contributed by atoms with E-state index < -0.39 is 0 Å². The van der Waals surface area contributed by atoms with Crippen molar-refractivity contribution in [1.82, 2.24) is 9.80 Å². The lowest BCUT2D eigenvalue weighted by molar-refractivity contribution is 0.0693. The quantitative estimate of drug-likeness (QED) is 0.498. The third-order valence-corrected chi connectivity index (χ3v) is 2.56. The van der Waals surface area contributed by atoms with Crippen LogP contribution in [0.25, 0.3) is 4.85 Å². The van der Waals surface area contributed by atoms with Crippen molar-refractivity contribution in [2.75, 3.05) is 33.7 Å². The summed E-state index contributed by atoms with van der Waals surface area (Å²) in [6, 6.07) is 0. The predicted octanol–water partition coefficient (Wildman–Crippen LogP) is 0.933. The summed E-state index contributed by atoms with van der Waals surface area (Å²) in [7, 11) is 3.94. The fourth-order valence-electron chi connectivity index (χ4n) is 1.47. The first-order valence-corrected chi connectivity index (χ1v) is 4.37. The summed E-state index contributed by atoms with van der Waals surface area (Å²) < 4.78 is 0. The molecule has 0 atom stereocenters. The van der Waals surface area contributed by atoms with Crippen LogP contribution in [0.2, 0.25) is 0 Å². The lowest BCUT2D eigenvalue weighted by atomic mass is 10.0. The first-order valence-electron chi connectivity index (χ1n) is 4.37. The van der Waals surface area contributed by atoms with E-state index in [2.05, 4.69) is 41.7 Å². The molecule has 1 aliphatic rings. The van der Waals surface area contributed by atoms with Gasteiger partial charge in [0.25, 0.3) is 0 Å². The van der Waals surface area contributed by atoms with Gasteiger partial charge in [-0.3, -0.25) is 4.90 Å². The maximum atomic E-state index is 3.91. The zero-order valence-corrected chi connectivity index (χ0v) is 8.46. The molecule has 0 aromatic carbocycles. The van der Waals surface area contributed by atoms with E-state index in [9.17, 15) is 0 Å². The van der Waals surface area contributed by atoms with E-state index in [1.54, 1.807) is 7.05 Å². The lowest BCUT2D eigenvalue weighted by Gasteiger charge is -2.39. The summed E-state index contributed by atoms with van der Waals surface area (Å²) >= 11 is 0. The maximum absolute atomic E-state index is 3.91. The zero-order chi connectivity index (χ0) is 9.19. The summed E-state index contributed by atoms with van der Waals surface area (Å²) in [5.41, 5.74) is 0.246. The van der Waals surface area contributed by atoms with E-state index in [0.717, 1.165) is 19.6 Å². The number of likely N-dealkylation sites (N-methyl/N-ethyl adjacent to an activating group) is 1. The average molecular weight is 168 g/mol. The Balaban J connectivity index is 2.60. The van der Waals surface area contributed by atoms with Gasteiger partial charge in [-0.15, -0.1) is 0 Å². The third-order valence-electron chi connectivity index (χ3n) is 2.56. The molecule has 0 aromatic heterocycles. The minimum Gasteiger partial charge on any atom is -0.293 e. The minimum absolute atomic E-state index is 0.246. The van der Waals surface area contributed by atoms with Crippen LogP contribution in [0.1, 0.15) is 13.8 Å². The van der Waals surface area contributed by atoms with Gasteiger partial charge in [-0.05, 0) is 20.9 Å². The van der Waals surface area contributed by atoms with Gasteiger partial charge in [0.15, 0.2) is 7.05 Å². The molecule has 0 spiro atoms. The number of piperazine rings is 1. The molecule has 0 aromatic rings. The highest BCUT2D eigenvalue weighted by Gasteiger charge is 2.34. The van der Waals surface area contributed by atoms with Crippen LogP contribution in [-0.4, -0.2) is 49.1 Å². The average Bonchev–Trinajstić information content (AvgIpc) is 1.97. The van der Waals surface area contributed by atoms with E-state index >= 15 is 0 Å². The largest absolute Gasteiger partial charge is 0.370 e. The van der Waals surface area contributed by atoms with Crippen molar-refractivity contribution in [2.45, 2.75) is 19.4 Å². The lowest BCUT2D eigenvalue weighted by Crippen LogP contribution is -2.56. The molecule has 1 fully saturated rings. The summed E-state index contributed by atoms with van der Waals surface area (Å²) in [5.74, 6) is 0. The van der Waals surface area contributed by atoms with E-state index in [0.29, 0.717) is 0 Å². The van der Waals surface area contributed by atoms with Crippen molar-refractivity contribution < 1.29 is 0 Å². The van der Waals surface area contributed by atoms with Crippen LogP contribution in [0, 0.1) is 6.19 Å². The molecule has 1 saturated heterocycles. The van der Waals surface area contributed by atoms with Crippen molar-refractivity contribution in [3.63, 3.8) is 0 Å². The van der Waals surface area contributed by atoms with Gasteiger partial charge in [0, 0.05) is 6.54 Å². The fraction of sp³-hybridized carbons (Fsp3) is 0.889. The maximum Gasteiger partial charge on any atom is 0.370 e. The molecule has 0 amide bonds. The molecular formula is C9H18N3+. The van der Waals surface area contributed by atoms with Gasteiger partial charge in [0.05, 0.1) is 5.54 Å². The van der Waals surface area contributed by atoms with Gasteiger partial charge in [0.1, 0.15) is 13.1 Å². The Morgan fingerprint density at radius 2 is 2.00 bits per heavy atom. The Labute approximate surface area is 74.8 Å². The summed E-state index contributed by atoms with van der Waals surface area (Å²) in [6.45, 7) is 7.64. The van der Waals surface area contributed by atoms with E-state index in [1.807, 2.05) is 0 Å². The molecule has 0 unspecified atom stereocenters. The van der Waals surface area contributed by atoms with Gasteiger partial charge < -0.3 is 0 Å². The summed E-state index contributed by atoms with van der Waals surface area (Å²) in [5, 5.41) is 0.